The van der Waals surface area contributed by atoms with Gasteiger partial charge in [0.25, 0.3) is 5.91 Å². The van der Waals surface area contributed by atoms with Crippen LogP contribution >= 0.6 is 0 Å². The standard InChI is InChI=1S/C18H31N3O5/c1-12(2)10-19-17(25)20-14(22)11-26-15(23)13-6-8-21(9-7-13)16(24)18(3,4)5/h12-13H,6-11H2,1-5H3,(H2,19,20,22,25). The number of likely N-dealkylation sites (tertiary alicyclic amines) is 1. The highest BCUT2D eigenvalue weighted by molar-refractivity contribution is 5.95. The fraction of sp³-hybridized carbons (Fsp3) is 0.778. The van der Waals surface area contributed by atoms with Crippen LogP contribution in [0.5, 0.6) is 0 Å². The van der Waals surface area contributed by atoms with Crippen molar-refractivity contribution < 1.29 is 23.9 Å². The number of imide groups is 1. The lowest BCUT2D eigenvalue weighted by Crippen LogP contribution is -2.46. The Kier molecular flexibility index (Phi) is 8.05. The fourth-order valence-corrected chi connectivity index (χ4v) is 2.55. The van der Waals surface area contributed by atoms with Gasteiger partial charge in [-0.3, -0.25) is 19.7 Å². The first-order valence-electron chi connectivity index (χ1n) is 9.04. The Morgan fingerprint density at radius 1 is 1.12 bits per heavy atom. The molecule has 0 bridgehead atoms. The number of urea groups is 1. The molecule has 0 radical (unpaired) electrons. The van der Waals surface area contributed by atoms with Gasteiger partial charge in [-0.1, -0.05) is 34.6 Å². The van der Waals surface area contributed by atoms with Crippen LogP contribution in [0.1, 0.15) is 47.5 Å². The predicted molar refractivity (Wildman–Crippen MR) is 96.1 cm³/mol. The third-order valence-electron chi connectivity index (χ3n) is 4.03. The van der Waals surface area contributed by atoms with E-state index in [1.165, 1.54) is 0 Å². The van der Waals surface area contributed by atoms with E-state index in [4.69, 9.17) is 4.74 Å². The zero-order valence-corrected chi connectivity index (χ0v) is 16.4. The molecule has 26 heavy (non-hydrogen) atoms. The van der Waals surface area contributed by atoms with E-state index in [0.717, 1.165) is 0 Å². The van der Waals surface area contributed by atoms with E-state index < -0.39 is 29.9 Å². The lowest BCUT2D eigenvalue weighted by atomic mass is 9.91. The number of esters is 1. The number of nitrogens with one attached hydrogen (secondary N) is 2. The summed E-state index contributed by atoms with van der Waals surface area (Å²) in [5.74, 6) is -1.13. The smallest absolute Gasteiger partial charge is 0.321 e. The first-order valence-corrected chi connectivity index (χ1v) is 9.04. The molecular weight excluding hydrogens is 338 g/mol. The first kappa shape index (κ1) is 21.9. The van der Waals surface area contributed by atoms with Gasteiger partial charge >= 0.3 is 12.0 Å². The number of ether oxygens (including phenoxy) is 1. The minimum Gasteiger partial charge on any atom is -0.455 e. The molecule has 0 saturated carbocycles. The second kappa shape index (κ2) is 9.54. The summed E-state index contributed by atoms with van der Waals surface area (Å²) in [5, 5.41) is 4.66. The summed E-state index contributed by atoms with van der Waals surface area (Å²) in [5.41, 5.74) is -0.443. The van der Waals surface area contributed by atoms with Crippen molar-refractivity contribution in [3.63, 3.8) is 0 Å². The molecule has 148 valence electrons. The number of piperidine rings is 1. The van der Waals surface area contributed by atoms with E-state index in [-0.39, 0.29) is 17.7 Å². The van der Waals surface area contributed by atoms with Gasteiger partial charge in [0.05, 0.1) is 5.92 Å². The largest absolute Gasteiger partial charge is 0.455 e. The Morgan fingerprint density at radius 2 is 1.69 bits per heavy atom. The fourth-order valence-electron chi connectivity index (χ4n) is 2.55. The molecule has 0 aromatic rings. The number of hydrogen-bond acceptors (Lipinski definition) is 5. The quantitative estimate of drug-likeness (QED) is 0.711. The molecular formula is C18H31N3O5. The van der Waals surface area contributed by atoms with Crippen LogP contribution in [0.15, 0.2) is 0 Å². The minimum absolute atomic E-state index is 0.0658. The minimum atomic E-state index is -0.667. The second-order valence-corrected chi connectivity index (χ2v) is 8.08. The highest BCUT2D eigenvalue weighted by Gasteiger charge is 2.33. The number of carbonyl (C=O) groups is 4. The predicted octanol–water partition coefficient (Wildman–Crippen LogP) is 1.30. The molecule has 0 spiro atoms. The summed E-state index contributed by atoms with van der Waals surface area (Å²) in [6.45, 7) is 10.4. The zero-order valence-electron chi connectivity index (χ0n) is 16.4. The Morgan fingerprint density at radius 3 is 2.19 bits per heavy atom. The summed E-state index contributed by atoms with van der Waals surface area (Å²) in [6.07, 6.45) is 1.02. The second-order valence-electron chi connectivity index (χ2n) is 8.08. The highest BCUT2D eigenvalue weighted by atomic mass is 16.5. The Bertz CT molecular complexity index is 531. The topological polar surface area (TPSA) is 105 Å². The van der Waals surface area contributed by atoms with Crippen molar-refractivity contribution in [1.82, 2.24) is 15.5 Å². The summed E-state index contributed by atoms with van der Waals surface area (Å²) in [4.78, 5) is 49.2. The molecule has 1 aliphatic heterocycles. The number of nitrogens with zero attached hydrogens (tertiary/aromatic N) is 1. The van der Waals surface area contributed by atoms with Crippen molar-refractivity contribution in [2.45, 2.75) is 47.5 Å². The first-order chi connectivity index (χ1) is 12.0. The van der Waals surface area contributed by atoms with E-state index >= 15 is 0 Å². The maximum absolute atomic E-state index is 12.2. The zero-order chi connectivity index (χ0) is 19.9. The van der Waals surface area contributed by atoms with Gasteiger partial charge in [0.2, 0.25) is 5.91 Å². The molecule has 0 aromatic heterocycles. The van der Waals surface area contributed by atoms with Crippen LogP contribution in [0.4, 0.5) is 4.79 Å². The molecule has 4 amide bonds. The van der Waals surface area contributed by atoms with E-state index in [1.54, 1.807) is 4.90 Å². The average Bonchev–Trinajstić information content (AvgIpc) is 2.56. The monoisotopic (exact) mass is 369 g/mol. The molecule has 1 heterocycles. The van der Waals surface area contributed by atoms with Gasteiger partial charge < -0.3 is 15.0 Å². The normalized spacial score (nSPS) is 15.5. The van der Waals surface area contributed by atoms with Crippen molar-refractivity contribution in [3.8, 4) is 0 Å². The number of hydrogen-bond donors (Lipinski definition) is 2. The van der Waals surface area contributed by atoms with Crippen LogP contribution in [0, 0.1) is 17.3 Å². The molecule has 2 N–H and O–H groups in total. The third kappa shape index (κ3) is 7.41. The third-order valence-corrected chi connectivity index (χ3v) is 4.03. The van der Waals surface area contributed by atoms with Crippen LogP contribution < -0.4 is 10.6 Å². The Hall–Kier alpha value is -2.12. The van der Waals surface area contributed by atoms with E-state index in [9.17, 15) is 19.2 Å². The van der Waals surface area contributed by atoms with Gasteiger partial charge in [0.15, 0.2) is 6.61 Å². The van der Waals surface area contributed by atoms with Crippen molar-refractivity contribution in [2.24, 2.45) is 17.3 Å². The average molecular weight is 369 g/mol. The van der Waals surface area contributed by atoms with Crippen molar-refractivity contribution in [2.75, 3.05) is 26.2 Å². The summed E-state index contributed by atoms with van der Waals surface area (Å²) in [6, 6.07) is -0.603. The van der Waals surface area contributed by atoms with Gasteiger partial charge in [-0.05, 0) is 18.8 Å². The van der Waals surface area contributed by atoms with Crippen LogP contribution in [0.25, 0.3) is 0 Å². The van der Waals surface area contributed by atoms with E-state index in [2.05, 4.69) is 10.6 Å². The van der Waals surface area contributed by atoms with Crippen LogP contribution in [-0.2, 0) is 19.1 Å². The lowest BCUT2D eigenvalue weighted by molar-refractivity contribution is -0.155. The van der Waals surface area contributed by atoms with Gasteiger partial charge in [-0.25, -0.2) is 4.79 Å². The molecule has 1 saturated heterocycles. The van der Waals surface area contributed by atoms with Crippen molar-refractivity contribution >= 4 is 23.8 Å². The SMILES string of the molecule is CC(C)CNC(=O)NC(=O)COC(=O)C1CCN(C(=O)C(C)(C)C)CC1. The molecule has 8 heteroatoms. The molecule has 0 unspecified atom stereocenters. The van der Waals surface area contributed by atoms with Gasteiger partial charge in [0.1, 0.15) is 0 Å². The molecule has 1 aliphatic rings. The van der Waals surface area contributed by atoms with Crippen molar-refractivity contribution in [3.05, 3.63) is 0 Å². The maximum atomic E-state index is 12.2. The molecule has 8 nitrogen and oxygen atoms in total. The molecule has 0 aromatic carbocycles. The highest BCUT2D eigenvalue weighted by Crippen LogP contribution is 2.24. The van der Waals surface area contributed by atoms with Gasteiger partial charge in [-0.15, -0.1) is 0 Å². The van der Waals surface area contributed by atoms with Crippen LogP contribution in [0.2, 0.25) is 0 Å². The summed E-state index contributed by atoms with van der Waals surface area (Å²) < 4.78 is 5.00. The Labute approximate surface area is 155 Å². The van der Waals surface area contributed by atoms with Gasteiger partial charge in [-0.2, -0.15) is 0 Å². The molecule has 0 atom stereocenters. The molecule has 0 aliphatic carbocycles. The number of amides is 4. The number of rotatable bonds is 5. The summed E-state index contributed by atoms with van der Waals surface area (Å²) >= 11 is 0. The van der Waals surface area contributed by atoms with Crippen LogP contribution in [-0.4, -0.2) is 55.0 Å². The van der Waals surface area contributed by atoms with Crippen LogP contribution in [0.3, 0.4) is 0 Å². The molecule has 1 fully saturated rings. The molecule has 1 rings (SSSR count). The van der Waals surface area contributed by atoms with E-state index in [1.807, 2.05) is 34.6 Å². The lowest BCUT2D eigenvalue weighted by Gasteiger charge is -2.34. The van der Waals surface area contributed by atoms with E-state index in [0.29, 0.717) is 32.5 Å². The Balaban J connectivity index is 2.31. The summed E-state index contributed by atoms with van der Waals surface area (Å²) in [7, 11) is 0. The maximum Gasteiger partial charge on any atom is 0.321 e. The van der Waals surface area contributed by atoms with Gasteiger partial charge in [0, 0.05) is 25.0 Å². The van der Waals surface area contributed by atoms with Crippen molar-refractivity contribution in [1.29, 1.82) is 0 Å². The number of carbonyl (C=O) groups excluding carboxylic acids is 4.